The first-order chi connectivity index (χ1) is 42.5. The number of nitrogens with zero attached hydrogens (tertiary/aromatic N) is 5. The van der Waals surface area contributed by atoms with Crippen LogP contribution in [0.1, 0.15) is 56.2 Å². The van der Waals surface area contributed by atoms with Gasteiger partial charge in [0.05, 0.1) is 22.8 Å². The summed E-state index contributed by atoms with van der Waals surface area (Å²) in [6.07, 6.45) is 8.59. The number of fused-ring (bicyclic) bond motifs is 8. The van der Waals surface area contributed by atoms with E-state index in [1.165, 1.54) is 33.4 Å². The molecule has 7 nitrogen and oxygen atoms in total. The second-order valence-corrected chi connectivity index (χ2v) is 23.0. The summed E-state index contributed by atoms with van der Waals surface area (Å²) in [6.45, 7) is 12.8. The first-order valence-corrected chi connectivity index (χ1v) is 29.8. The van der Waals surface area contributed by atoms with Crippen molar-refractivity contribution in [2.24, 2.45) is 0 Å². The van der Waals surface area contributed by atoms with Gasteiger partial charge in [0.15, 0.2) is 0 Å². The number of benzene rings is 9. The van der Waals surface area contributed by atoms with Gasteiger partial charge in [-0.05, 0) is 222 Å². The SMILES string of the molecule is Cc1ccc(N(c2ccc(C)cc2)c2ccc(-c3c4nc(c(-c5ccc(N(c6ccc(C)cc6)c6ccc(C)cc6)cc5)c5ccc([nH]5)c(-c5ccc(N(c6ccc(C)cc6)c6ccc(C)cc6)cc5)c5nc(cc6ccc3[nH]6)C=C5)C=C4)cc2)cc1. The van der Waals surface area contributed by atoms with Crippen molar-refractivity contribution in [3.8, 4) is 33.4 Å². The van der Waals surface area contributed by atoms with E-state index in [0.717, 1.165) is 129 Å². The quantitative estimate of drug-likeness (QED) is 0.128. The van der Waals surface area contributed by atoms with Crippen molar-refractivity contribution in [1.29, 1.82) is 0 Å². The Balaban J connectivity index is 0.957. The van der Waals surface area contributed by atoms with Gasteiger partial charge in [-0.15, -0.1) is 0 Å². The minimum Gasteiger partial charge on any atom is -0.355 e. The van der Waals surface area contributed by atoms with Gasteiger partial charge in [-0.2, -0.15) is 0 Å². The molecule has 0 spiro atoms. The molecule has 12 aromatic rings. The summed E-state index contributed by atoms with van der Waals surface area (Å²) in [6, 6.07) is 90.0. The standard InChI is InChI=1S/C80H65N7/c1-52-7-27-63(28-8-52)85(64-29-9-53(2)10-30-64)69-39-19-58(20-40-69)78-72-45-25-61(81-72)51-62-26-46-73(82-62)79(59-21-41-70(42-22-59)86(65-31-11-54(3)12-32-65)66-33-13-55(4)14-34-66)75-48-50-77(84-75)80(76-49-47-74(78)83-76)60-23-43-71(44-24-60)87(67-35-15-56(5)16-36-67)68-37-17-57(6)18-38-68/h7-51,81,84H,1-6H3. The molecule has 2 N–H and O–H groups in total. The van der Waals surface area contributed by atoms with Crippen molar-refractivity contribution in [1.82, 2.24) is 19.9 Å². The van der Waals surface area contributed by atoms with Crippen LogP contribution in [0.4, 0.5) is 51.2 Å². The van der Waals surface area contributed by atoms with Crippen molar-refractivity contribution >= 4 is 97.6 Å². The highest BCUT2D eigenvalue weighted by molar-refractivity contribution is 5.98. The van der Waals surface area contributed by atoms with Crippen LogP contribution in [0.15, 0.2) is 249 Å². The smallest absolute Gasteiger partial charge is 0.0737 e. The van der Waals surface area contributed by atoms with E-state index >= 15 is 0 Å². The van der Waals surface area contributed by atoms with Gasteiger partial charge >= 0.3 is 0 Å². The molecule has 7 heteroatoms. The van der Waals surface area contributed by atoms with E-state index in [1.54, 1.807) is 0 Å². The zero-order valence-electron chi connectivity index (χ0n) is 49.7. The maximum Gasteiger partial charge on any atom is 0.0737 e. The van der Waals surface area contributed by atoms with Crippen LogP contribution >= 0.6 is 0 Å². The molecule has 0 saturated carbocycles. The number of aromatic amines is 2. The van der Waals surface area contributed by atoms with E-state index in [9.17, 15) is 0 Å². The molecule has 420 valence electrons. The zero-order chi connectivity index (χ0) is 59.1. The lowest BCUT2D eigenvalue weighted by Gasteiger charge is -2.26. The fourth-order valence-corrected chi connectivity index (χ4v) is 11.9. The summed E-state index contributed by atoms with van der Waals surface area (Å²) >= 11 is 0. The first-order valence-electron chi connectivity index (χ1n) is 29.8. The van der Waals surface area contributed by atoms with Gasteiger partial charge in [-0.25, -0.2) is 9.97 Å². The number of rotatable bonds is 12. The Kier molecular flexibility index (Phi) is 14.2. The summed E-state index contributed by atoms with van der Waals surface area (Å²) in [7, 11) is 0. The molecule has 0 fully saturated rings. The molecule has 87 heavy (non-hydrogen) atoms. The maximum absolute atomic E-state index is 5.67. The van der Waals surface area contributed by atoms with Crippen LogP contribution in [-0.2, 0) is 0 Å². The molecule has 0 unspecified atom stereocenters. The second-order valence-electron chi connectivity index (χ2n) is 23.0. The minimum atomic E-state index is 0.844. The lowest BCUT2D eigenvalue weighted by Crippen LogP contribution is -2.09. The van der Waals surface area contributed by atoms with Crippen molar-refractivity contribution in [2.75, 3.05) is 14.7 Å². The fraction of sp³-hybridized carbons (Fsp3) is 0.0750. The fourth-order valence-electron chi connectivity index (χ4n) is 11.9. The number of aryl methyl sites for hydroxylation is 6. The third-order valence-electron chi connectivity index (χ3n) is 16.6. The predicted molar refractivity (Wildman–Crippen MR) is 368 cm³/mol. The molecule has 2 aliphatic rings. The molecule has 0 radical (unpaired) electrons. The second kappa shape index (κ2) is 22.9. The van der Waals surface area contributed by atoms with Crippen LogP contribution < -0.4 is 14.7 Å². The molecule has 0 atom stereocenters. The highest BCUT2D eigenvalue weighted by Crippen LogP contribution is 2.43. The molecule has 9 aromatic carbocycles. The third-order valence-corrected chi connectivity index (χ3v) is 16.6. The molecular formula is C80H65N7. The lowest BCUT2D eigenvalue weighted by atomic mass is 10.0. The van der Waals surface area contributed by atoms with Crippen molar-refractivity contribution in [2.45, 2.75) is 41.5 Å². The van der Waals surface area contributed by atoms with Crippen LogP contribution in [0.25, 0.3) is 79.8 Å². The van der Waals surface area contributed by atoms with Gasteiger partial charge < -0.3 is 24.7 Å². The molecule has 8 bridgehead atoms. The summed E-state index contributed by atoms with van der Waals surface area (Å²) < 4.78 is 0. The van der Waals surface area contributed by atoms with Gasteiger partial charge in [0.1, 0.15) is 0 Å². The summed E-state index contributed by atoms with van der Waals surface area (Å²) in [5.41, 5.74) is 30.2. The minimum absolute atomic E-state index is 0.844. The van der Waals surface area contributed by atoms with Crippen LogP contribution in [0, 0.1) is 41.5 Å². The number of aromatic nitrogens is 4. The molecule has 14 rings (SSSR count). The molecule has 0 aliphatic carbocycles. The van der Waals surface area contributed by atoms with E-state index in [4.69, 9.17) is 9.97 Å². The van der Waals surface area contributed by atoms with Crippen LogP contribution in [0.5, 0.6) is 0 Å². The summed E-state index contributed by atoms with van der Waals surface area (Å²) in [5, 5.41) is 0. The van der Waals surface area contributed by atoms with Crippen LogP contribution in [0.2, 0.25) is 0 Å². The predicted octanol–water partition coefficient (Wildman–Crippen LogP) is 21.9. The maximum atomic E-state index is 5.67. The van der Waals surface area contributed by atoms with E-state index in [0.29, 0.717) is 0 Å². The largest absolute Gasteiger partial charge is 0.355 e. The molecule has 0 saturated heterocycles. The Hall–Kier alpha value is -11.0. The van der Waals surface area contributed by atoms with Crippen LogP contribution in [-0.4, -0.2) is 19.9 Å². The van der Waals surface area contributed by atoms with Gasteiger partial charge in [0, 0.05) is 89.9 Å². The average Bonchev–Trinajstić information content (AvgIpc) is 2.78. The summed E-state index contributed by atoms with van der Waals surface area (Å²) in [5.74, 6) is 0. The van der Waals surface area contributed by atoms with Gasteiger partial charge in [-0.3, -0.25) is 0 Å². The Labute approximate surface area is 509 Å². The number of H-pyrrole nitrogens is 2. The number of hydrogen-bond donors (Lipinski definition) is 2. The Bertz CT molecular complexity index is 4450. The molecule has 2 aliphatic heterocycles. The van der Waals surface area contributed by atoms with E-state index in [-0.39, 0.29) is 0 Å². The topological polar surface area (TPSA) is 67.1 Å². The molecule has 0 amide bonds. The van der Waals surface area contributed by atoms with E-state index in [1.807, 2.05) is 0 Å². The van der Waals surface area contributed by atoms with Gasteiger partial charge in [0.2, 0.25) is 0 Å². The summed E-state index contributed by atoms with van der Waals surface area (Å²) in [4.78, 5) is 25.8. The lowest BCUT2D eigenvalue weighted by molar-refractivity contribution is 1.26. The molecular weight excluding hydrogens is 1060 g/mol. The van der Waals surface area contributed by atoms with E-state index < -0.39 is 0 Å². The zero-order valence-corrected chi connectivity index (χ0v) is 49.7. The average molecular weight is 1120 g/mol. The Morgan fingerprint density at radius 1 is 0.241 bits per heavy atom. The van der Waals surface area contributed by atoms with Crippen molar-refractivity contribution in [3.63, 3.8) is 0 Å². The highest BCUT2D eigenvalue weighted by Gasteiger charge is 2.21. The first kappa shape index (κ1) is 54.0. The van der Waals surface area contributed by atoms with Gasteiger partial charge in [0.25, 0.3) is 0 Å². The Morgan fingerprint density at radius 3 is 0.782 bits per heavy atom. The monoisotopic (exact) mass is 1120 g/mol. The number of nitrogens with one attached hydrogen (secondary N) is 2. The van der Waals surface area contributed by atoms with Gasteiger partial charge in [-0.1, -0.05) is 143 Å². The van der Waals surface area contributed by atoms with Crippen molar-refractivity contribution in [3.05, 3.63) is 305 Å². The Morgan fingerprint density at radius 2 is 0.483 bits per heavy atom. The van der Waals surface area contributed by atoms with E-state index in [2.05, 4.69) is 339 Å². The van der Waals surface area contributed by atoms with Crippen molar-refractivity contribution < 1.29 is 0 Å². The highest BCUT2D eigenvalue weighted by atomic mass is 15.2. The number of hydrogen-bond acceptors (Lipinski definition) is 5. The molecule has 5 heterocycles. The third kappa shape index (κ3) is 10.9. The number of anilines is 9. The normalized spacial score (nSPS) is 11.7. The van der Waals surface area contributed by atoms with Crippen LogP contribution in [0.3, 0.4) is 0 Å². The molecule has 3 aromatic heterocycles.